The monoisotopic (exact) mass is 799 g/mol. The Hall–Kier alpha value is -3.79. The van der Waals surface area contributed by atoms with Gasteiger partial charge < -0.3 is 46.1 Å². The van der Waals surface area contributed by atoms with E-state index in [4.69, 9.17) is 9.47 Å². The van der Waals surface area contributed by atoms with Crippen LogP contribution in [0.4, 0.5) is 0 Å². The molecule has 324 valence electrons. The molecule has 6 amide bonds. The summed E-state index contributed by atoms with van der Waals surface area (Å²) < 4.78 is 11.2. The fourth-order valence-electron chi connectivity index (χ4n) is 5.87. The van der Waals surface area contributed by atoms with Crippen molar-refractivity contribution in [3.05, 3.63) is 0 Å². The highest BCUT2D eigenvalue weighted by atomic mass is 16.5. The molecule has 0 rings (SSSR count). The predicted molar refractivity (Wildman–Crippen MR) is 214 cm³/mol. The average Bonchev–Trinajstić information content (AvgIpc) is 3.02. The van der Waals surface area contributed by atoms with Crippen molar-refractivity contribution >= 4 is 41.4 Å². The van der Waals surface area contributed by atoms with Crippen LogP contribution in [0.25, 0.3) is 0 Å². The molecular weight excluding hydrogens is 724 g/mol. The van der Waals surface area contributed by atoms with Crippen molar-refractivity contribution in [3.63, 3.8) is 0 Å². The Morgan fingerprint density at radius 3 is 1.52 bits per heavy atom. The van der Waals surface area contributed by atoms with E-state index in [0.29, 0.717) is 12.8 Å². The van der Waals surface area contributed by atoms with Crippen LogP contribution in [-0.2, 0) is 43.0 Å². The van der Waals surface area contributed by atoms with Crippen LogP contribution in [0.3, 0.4) is 0 Å². The van der Waals surface area contributed by atoms with Gasteiger partial charge in [-0.15, -0.1) is 0 Å². The molecule has 0 aliphatic rings. The van der Waals surface area contributed by atoms with Crippen molar-refractivity contribution in [1.29, 1.82) is 0 Å². The number of hydrogen-bond donors (Lipinski definition) is 6. The van der Waals surface area contributed by atoms with E-state index in [1.54, 1.807) is 69.2 Å². The standard InChI is InChI=1S/C40H74N6O10/c1-27(2)43-30(47)24-46(25-31(48)44-28(3)4)32(49)15-18-41-35(53)39(10,11)17-20-55-22-23-56-21-19-42-34(52)38(8,9)16-14-29(33(50)51)45-36(54)40(12,13)26-37(5,6)7/h27-29H,14-26H2,1-13H3,(H,41,53)(H,42,52)(H,43,47)(H,44,48)(H,45,54)(H,50,51)/t29-/m0/s1. The minimum Gasteiger partial charge on any atom is -0.480 e. The maximum atomic E-state index is 12.9. The number of carbonyl (C=O) groups excluding carboxylic acids is 6. The van der Waals surface area contributed by atoms with Gasteiger partial charge >= 0.3 is 5.97 Å². The molecule has 16 nitrogen and oxygen atoms in total. The van der Waals surface area contributed by atoms with Crippen molar-refractivity contribution in [3.8, 4) is 0 Å². The Labute approximate surface area is 335 Å². The molecule has 0 aliphatic heterocycles. The van der Waals surface area contributed by atoms with Crippen molar-refractivity contribution < 1.29 is 48.1 Å². The van der Waals surface area contributed by atoms with Crippen molar-refractivity contribution in [1.82, 2.24) is 31.5 Å². The molecule has 0 saturated carbocycles. The lowest BCUT2D eigenvalue weighted by atomic mass is 9.75. The molecule has 0 aromatic rings. The zero-order valence-corrected chi connectivity index (χ0v) is 36.5. The first kappa shape index (κ1) is 52.2. The molecule has 1 atom stereocenters. The smallest absolute Gasteiger partial charge is 0.326 e. The molecule has 6 N–H and O–H groups in total. The van der Waals surface area contributed by atoms with Crippen LogP contribution in [0, 0.1) is 21.7 Å². The van der Waals surface area contributed by atoms with E-state index in [1.165, 1.54) is 4.90 Å². The number of rotatable bonds is 27. The molecule has 0 heterocycles. The zero-order valence-electron chi connectivity index (χ0n) is 36.5. The molecule has 56 heavy (non-hydrogen) atoms. The molecule has 0 fully saturated rings. The van der Waals surface area contributed by atoms with Crippen LogP contribution in [-0.4, -0.2) is 122 Å². The van der Waals surface area contributed by atoms with Gasteiger partial charge in [0.1, 0.15) is 19.1 Å². The normalized spacial score (nSPS) is 12.8. The van der Waals surface area contributed by atoms with Crippen molar-refractivity contribution in [2.24, 2.45) is 21.7 Å². The summed E-state index contributed by atoms with van der Waals surface area (Å²) in [6.07, 6.45) is 1.23. The molecule has 0 bridgehead atoms. The largest absolute Gasteiger partial charge is 0.480 e. The van der Waals surface area contributed by atoms with Crippen LogP contribution in [0.5, 0.6) is 0 Å². The summed E-state index contributed by atoms with van der Waals surface area (Å²) in [5.41, 5.74) is -2.54. The molecule has 16 heteroatoms. The number of carboxylic acids is 1. The van der Waals surface area contributed by atoms with Gasteiger partial charge in [0.25, 0.3) is 0 Å². The van der Waals surface area contributed by atoms with E-state index >= 15 is 0 Å². The van der Waals surface area contributed by atoms with E-state index in [0.717, 1.165) is 0 Å². The quantitative estimate of drug-likeness (QED) is 0.0668. The summed E-state index contributed by atoms with van der Waals surface area (Å²) in [7, 11) is 0. The van der Waals surface area contributed by atoms with Crippen LogP contribution in [0.1, 0.15) is 122 Å². The minimum atomic E-state index is -1.15. The van der Waals surface area contributed by atoms with Gasteiger partial charge in [-0.25, -0.2) is 4.79 Å². The number of amides is 6. The number of aliphatic carboxylic acids is 1. The third kappa shape index (κ3) is 22.7. The molecular formula is C40H74N6O10. The Morgan fingerprint density at radius 1 is 0.589 bits per heavy atom. The molecule has 0 unspecified atom stereocenters. The van der Waals surface area contributed by atoms with Gasteiger partial charge in [0.2, 0.25) is 35.4 Å². The van der Waals surface area contributed by atoms with Crippen molar-refractivity contribution in [2.75, 3.05) is 52.6 Å². The Kier molecular flexibility index (Phi) is 22.5. The highest BCUT2D eigenvalue weighted by molar-refractivity contribution is 5.90. The van der Waals surface area contributed by atoms with Crippen LogP contribution >= 0.6 is 0 Å². The number of nitrogens with zero attached hydrogens (tertiary/aromatic N) is 1. The highest BCUT2D eigenvalue weighted by Crippen LogP contribution is 2.33. The maximum Gasteiger partial charge on any atom is 0.326 e. The molecule has 0 saturated heterocycles. The third-order valence-corrected chi connectivity index (χ3v) is 8.80. The average molecular weight is 799 g/mol. The van der Waals surface area contributed by atoms with Gasteiger partial charge in [0.05, 0.1) is 19.8 Å². The Bertz CT molecular complexity index is 1280. The predicted octanol–water partition coefficient (Wildman–Crippen LogP) is 2.77. The second-order valence-corrected chi connectivity index (χ2v) is 18.2. The summed E-state index contributed by atoms with van der Waals surface area (Å²) in [6.45, 7) is 24.6. The fourth-order valence-corrected chi connectivity index (χ4v) is 5.87. The van der Waals surface area contributed by atoms with E-state index in [9.17, 15) is 38.7 Å². The van der Waals surface area contributed by atoms with Crippen molar-refractivity contribution in [2.45, 2.75) is 140 Å². The number of carboxylic acid groups (broad SMARTS) is 1. The third-order valence-electron chi connectivity index (χ3n) is 8.80. The van der Waals surface area contributed by atoms with E-state index < -0.39 is 34.2 Å². The van der Waals surface area contributed by atoms with Gasteiger partial charge in [0.15, 0.2) is 0 Å². The SMILES string of the molecule is CC(C)NC(=O)CN(CC(=O)NC(C)C)C(=O)CCNC(=O)C(C)(C)CCOCCOCCNC(=O)C(C)(C)CC[C@H](NC(=O)C(C)(C)CC(C)(C)C)C(=O)O. The second-order valence-electron chi connectivity index (χ2n) is 18.2. The summed E-state index contributed by atoms with van der Waals surface area (Å²) in [5, 5.41) is 23.4. The summed E-state index contributed by atoms with van der Waals surface area (Å²) in [4.78, 5) is 89.3. The summed E-state index contributed by atoms with van der Waals surface area (Å²) >= 11 is 0. The summed E-state index contributed by atoms with van der Waals surface area (Å²) in [5.74, 6) is -3.21. The van der Waals surface area contributed by atoms with Crippen LogP contribution < -0.4 is 26.6 Å². The Morgan fingerprint density at radius 2 is 1.05 bits per heavy atom. The Balaban J connectivity index is 4.57. The van der Waals surface area contributed by atoms with E-state index in [2.05, 4.69) is 26.6 Å². The molecule has 0 spiro atoms. The fraction of sp³-hybridized carbons (Fsp3) is 0.825. The second kappa shape index (κ2) is 24.1. The van der Waals surface area contributed by atoms with Gasteiger partial charge in [0, 0.05) is 54.4 Å². The highest BCUT2D eigenvalue weighted by Gasteiger charge is 2.36. The molecule has 0 aliphatic carbocycles. The maximum absolute atomic E-state index is 12.9. The van der Waals surface area contributed by atoms with Gasteiger partial charge in [-0.3, -0.25) is 28.8 Å². The van der Waals surface area contributed by atoms with Crippen LogP contribution in [0.2, 0.25) is 0 Å². The number of ether oxygens (including phenoxy) is 2. The topological polar surface area (TPSA) is 222 Å². The van der Waals surface area contributed by atoms with E-state index in [1.807, 2.05) is 20.8 Å². The first-order chi connectivity index (χ1) is 25.6. The molecule has 0 radical (unpaired) electrons. The van der Waals surface area contributed by atoms with Crippen LogP contribution in [0.15, 0.2) is 0 Å². The number of carbonyl (C=O) groups is 7. The first-order valence-corrected chi connectivity index (χ1v) is 19.7. The lowest BCUT2D eigenvalue weighted by Crippen LogP contribution is -2.48. The van der Waals surface area contributed by atoms with Gasteiger partial charge in [-0.2, -0.15) is 0 Å². The molecule has 0 aromatic heterocycles. The lowest BCUT2D eigenvalue weighted by Gasteiger charge is -2.32. The number of nitrogens with one attached hydrogen (secondary N) is 5. The summed E-state index contributed by atoms with van der Waals surface area (Å²) in [6, 6.07) is -1.36. The van der Waals surface area contributed by atoms with Gasteiger partial charge in [-0.05, 0) is 58.8 Å². The lowest BCUT2D eigenvalue weighted by molar-refractivity contribution is -0.144. The van der Waals surface area contributed by atoms with Gasteiger partial charge in [-0.1, -0.05) is 62.3 Å². The zero-order chi connectivity index (χ0) is 43.5. The number of hydrogen-bond acceptors (Lipinski definition) is 9. The van der Waals surface area contributed by atoms with E-state index in [-0.39, 0.29) is 119 Å². The minimum absolute atomic E-state index is 0.0367. The molecule has 0 aromatic carbocycles. The first-order valence-electron chi connectivity index (χ1n) is 19.7.